The van der Waals surface area contributed by atoms with Crippen LogP contribution in [0.15, 0.2) is 94.9 Å². The molecule has 0 aliphatic heterocycles. The number of nitrogen functional groups attached to an aromatic ring is 1. The number of fused-ring (bicyclic) bond motifs is 1. The van der Waals surface area contributed by atoms with Crippen molar-refractivity contribution in [3.8, 4) is 0 Å². The lowest BCUT2D eigenvalue weighted by Gasteiger charge is -2.31. The number of aliphatic hydroxyl groups excluding tert-OH is 1. The number of hydrogen-bond acceptors (Lipinski definition) is 7. The number of aliphatic hydroxyl groups is 1. The van der Waals surface area contributed by atoms with Gasteiger partial charge in [-0.1, -0.05) is 56.7 Å². The summed E-state index contributed by atoms with van der Waals surface area (Å²) in [6.45, 7) is 3.93. The molecular formula is C33H43N5O6S2. The van der Waals surface area contributed by atoms with Crippen LogP contribution in [0.5, 0.6) is 0 Å². The molecule has 2 atom stereocenters. The minimum absolute atomic E-state index is 0.0191. The monoisotopic (exact) mass is 669 g/mol. The number of benzene rings is 3. The van der Waals surface area contributed by atoms with E-state index in [0.29, 0.717) is 24.9 Å². The number of carbonyl (C=O) groups is 1. The Bertz CT molecular complexity index is 1790. The number of H-pyrrole nitrogens is 1. The summed E-state index contributed by atoms with van der Waals surface area (Å²) < 4.78 is 57.3. The molecule has 6 N–H and O–H groups in total. The molecule has 0 aliphatic carbocycles. The zero-order valence-electron chi connectivity index (χ0n) is 26.1. The van der Waals surface area contributed by atoms with Crippen molar-refractivity contribution in [2.45, 2.75) is 61.4 Å². The van der Waals surface area contributed by atoms with Gasteiger partial charge in [-0.2, -0.15) is 9.03 Å². The SMILES string of the molecule is CC(C)CN([C@H](CO)CCCCNC(=O)[C@H](Cc1c[nH]c2ccccc12)NS(=O)(=O)c1ccccc1)S(=O)(=O)c1ccc(N)cc1. The second-order valence-electron chi connectivity index (χ2n) is 11.7. The Morgan fingerprint density at radius 2 is 1.59 bits per heavy atom. The summed E-state index contributed by atoms with van der Waals surface area (Å²) in [7, 11) is -7.88. The zero-order valence-corrected chi connectivity index (χ0v) is 27.7. The molecule has 248 valence electrons. The Balaban J connectivity index is 1.41. The number of aromatic nitrogens is 1. The highest BCUT2D eigenvalue weighted by Gasteiger charge is 2.32. The minimum Gasteiger partial charge on any atom is -0.399 e. The van der Waals surface area contributed by atoms with Crippen LogP contribution >= 0.6 is 0 Å². The summed E-state index contributed by atoms with van der Waals surface area (Å²) in [5.74, 6) is -0.457. The predicted molar refractivity (Wildman–Crippen MR) is 180 cm³/mol. The Morgan fingerprint density at radius 3 is 2.26 bits per heavy atom. The number of nitrogens with one attached hydrogen (secondary N) is 3. The average molecular weight is 670 g/mol. The van der Waals surface area contributed by atoms with Crippen molar-refractivity contribution in [2.75, 3.05) is 25.4 Å². The van der Waals surface area contributed by atoms with Crippen LogP contribution in [-0.2, 0) is 31.3 Å². The van der Waals surface area contributed by atoms with Crippen LogP contribution in [0, 0.1) is 5.92 Å². The number of hydrogen-bond donors (Lipinski definition) is 5. The van der Waals surface area contributed by atoms with Gasteiger partial charge in [0.2, 0.25) is 26.0 Å². The summed E-state index contributed by atoms with van der Waals surface area (Å²) in [6.07, 6.45) is 3.28. The van der Waals surface area contributed by atoms with E-state index >= 15 is 0 Å². The second kappa shape index (κ2) is 15.7. The van der Waals surface area contributed by atoms with Crippen molar-refractivity contribution in [1.29, 1.82) is 0 Å². The van der Waals surface area contributed by atoms with E-state index < -0.39 is 38.0 Å². The summed E-state index contributed by atoms with van der Waals surface area (Å²) in [5.41, 5.74) is 7.87. The van der Waals surface area contributed by atoms with Gasteiger partial charge in [0, 0.05) is 41.9 Å². The molecular weight excluding hydrogens is 627 g/mol. The number of unbranched alkanes of at least 4 members (excludes halogenated alkanes) is 1. The van der Waals surface area contributed by atoms with Crippen molar-refractivity contribution in [1.82, 2.24) is 19.3 Å². The molecule has 4 rings (SSSR count). The standard InChI is InChI=1S/C33H43N5O6S2/c1-24(2)22-38(46(43,44)29-17-15-26(34)16-18-29)27(23-39)10-8-9-19-35-33(40)32(37-45(41,42)28-11-4-3-5-12-28)20-25-21-36-31-14-7-6-13-30(25)31/h3-7,11-18,21,24,27,32,36-37,39H,8-10,19-20,22-23,34H2,1-2H3,(H,35,40)/t27-,32-/m0/s1. The Labute approximate surface area is 271 Å². The fourth-order valence-corrected chi connectivity index (χ4v) is 8.33. The molecule has 0 aliphatic rings. The number of para-hydroxylation sites is 1. The maximum atomic E-state index is 13.5. The normalized spacial score (nSPS) is 13.7. The van der Waals surface area contributed by atoms with Gasteiger partial charge in [0.05, 0.1) is 16.4 Å². The number of anilines is 1. The third-order valence-electron chi connectivity index (χ3n) is 7.68. The maximum absolute atomic E-state index is 13.5. The topological polar surface area (TPSA) is 175 Å². The fourth-order valence-electron chi connectivity index (χ4n) is 5.31. The third kappa shape index (κ3) is 8.95. The molecule has 0 bridgehead atoms. The summed E-state index contributed by atoms with van der Waals surface area (Å²) in [6, 6.07) is 19.7. The molecule has 46 heavy (non-hydrogen) atoms. The van der Waals surface area contributed by atoms with Crippen molar-refractivity contribution in [3.63, 3.8) is 0 Å². The van der Waals surface area contributed by atoms with Gasteiger partial charge in [-0.05, 0) is 73.2 Å². The smallest absolute Gasteiger partial charge is 0.243 e. The van der Waals surface area contributed by atoms with Gasteiger partial charge in [-0.3, -0.25) is 4.79 Å². The molecule has 3 aromatic carbocycles. The summed E-state index contributed by atoms with van der Waals surface area (Å²) in [4.78, 5) is 16.8. The van der Waals surface area contributed by atoms with E-state index in [2.05, 4.69) is 15.0 Å². The molecule has 1 aromatic heterocycles. The van der Waals surface area contributed by atoms with Crippen LogP contribution in [-0.4, -0.2) is 68.9 Å². The number of rotatable bonds is 17. The first kappa shape index (κ1) is 35.1. The number of nitrogens with two attached hydrogens (primary N) is 1. The van der Waals surface area contributed by atoms with Gasteiger partial charge < -0.3 is 21.1 Å². The first-order valence-electron chi connectivity index (χ1n) is 15.3. The first-order chi connectivity index (χ1) is 21.9. The van der Waals surface area contributed by atoms with E-state index in [0.717, 1.165) is 16.5 Å². The number of aromatic amines is 1. The number of carbonyl (C=O) groups excluding carboxylic acids is 1. The molecule has 11 nitrogen and oxygen atoms in total. The molecule has 13 heteroatoms. The lowest BCUT2D eigenvalue weighted by molar-refractivity contribution is -0.122. The number of nitrogens with zero attached hydrogens (tertiary/aromatic N) is 1. The molecule has 0 unspecified atom stereocenters. The Kier molecular flexibility index (Phi) is 12.0. The van der Waals surface area contributed by atoms with Gasteiger partial charge in [0.25, 0.3) is 0 Å². The molecule has 4 aromatic rings. The number of amides is 1. The van der Waals surface area contributed by atoms with Crippen LogP contribution in [0.1, 0.15) is 38.7 Å². The third-order valence-corrected chi connectivity index (χ3v) is 11.1. The second-order valence-corrected chi connectivity index (χ2v) is 15.3. The van der Waals surface area contributed by atoms with Crippen molar-refractivity contribution in [3.05, 3.63) is 90.6 Å². The number of sulfonamides is 2. The van der Waals surface area contributed by atoms with E-state index in [1.165, 1.54) is 40.7 Å². The fraction of sp³-hybridized carbons (Fsp3) is 0.364. The van der Waals surface area contributed by atoms with Gasteiger partial charge >= 0.3 is 0 Å². The van der Waals surface area contributed by atoms with E-state index in [1.807, 2.05) is 38.1 Å². The lowest BCUT2D eigenvalue weighted by atomic mass is 10.0. The molecule has 0 spiro atoms. The Morgan fingerprint density at radius 1 is 0.913 bits per heavy atom. The Hall–Kier alpha value is -3.75. The van der Waals surface area contributed by atoms with E-state index in [1.54, 1.807) is 24.4 Å². The quantitative estimate of drug-likeness (QED) is 0.0843. The molecule has 0 saturated carbocycles. The van der Waals surface area contributed by atoms with Crippen molar-refractivity contribution in [2.24, 2.45) is 5.92 Å². The highest BCUT2D eigenvalue weighted by molar-refractivity contribution is 7.89. The van der Waals surface area contributed by atoms with Gasteiger partial charge in [-0.15, -0.1) is 0 Å². The first-order valence-corrected chi connectivity index (χ1v) is 18.2. The van der Waals surface area contributed by atoms with Crippen molar-refractivity contribution >= 4 is 42.5 Å². The molecule has 0 radical (unpaired) electrons. The van der Waals surface area contributed by atoms with Gasteiger partial charge in [0.1, 0.15) is 6.04 Å². The van der Waals surface area contributed by atoms with E-state index in [-0.39, 0.29) is 41.8 Å². The molecule has 1 heterocycles. The largest absolute Gasteiger partial charge is 0.399 e. The molecule has 0 saturated heterocycles. The summed E-state index contributed by atoms with van der Waals surface area (Å²) in [5, 5.41) is 14.0. The van der Waals surface area contributed by atoms with Gasteiger partial charge in [0.15, 0.2) is 0 Å². The van der Waals surface area contributed by atoms with E-state index in [9.17, 15) is 26.7 Å². The predicted octanol–water partition coefficient (Wildman–Crippen LogP) is 3.63. The van der Waals surface area contributed by atoms with Crippen LogP contribution in [0.4, 0.5) is 5.69 Å². The summed E-state index contributed by atoms with van der Waals surface area (Å²) >= 11 is 0. The highest BCUT2D eigenvalue weighted by Crippen LogP contribution is 2.24. The minimum atomic E-state index is -3.99. The zero-order chi connectivity index (χ0) is 33.3. The van der Waals surface area contributed by atoms with Crippen LogP contribution in [0.2, 0.25) is 0 Å². The van der Waals surface area contributed by atoms with Crippen LogP contribution in [0.3, 0.4) is 0 Å². The molecule has 0 fully saturated rings. The average Bonchev–Trinajstić information content (AvgIpc) is 3.44. The van der Waals surface area contributed by atoms with Crippen LogP contribution < -0.4 is 15.8 Å². The lowest BCUT2D eigenvalue weighted by Crippen LogP contribution is -2.48. The highest BCUT2D eigenvalue weighted by atomic mass is 32.2. The van der Waals surface area contributed by atoms with Crippen LogP contribution in [0.25, 0.3) is 10.9 Å². The maximum Gasteiger partial charge on any atom is 0.243 e. The van der Waals surface area contributed by atoms with Crippen molar-refractivity contribution < 1.29 is 26.7 Å². The van der Waals surface area contributed by atoms with Gasteiger partial charge in [-0.25, -0.2) is 16.8 Å². The molecule has 1 amide bonds. The van der Waals surface area contributed by atoms with E-state index in [4.69, 9.17) is 5.73 Å².